The number of anilines is 1. The fourth-order valence-corrected chi connectivity index (χ4v) is 3.25. The van der Waals surface area contributed by atoms with Crippen molar-refractivity contribution in [2.24, 2.45) is 0 Å². The monoisotopic (exact) mass is 403 g/mol. The van der Waals surface area contributed by atoms with Gasteiger partial charge in [0, 0.05) is 29.2 Å². The summed E-state index contributed by atoms with van der Waals surface area (Å²) in [6.45, 7) is 5.45. The number of amides is 2. The number of nitrogens with zero attached hydrogens (tertiary/aromatic N) is 1. The van der Waals surface area contributed by atoms with E-state index in [1.165, 1.54) is 0 Å². The molecule has 0 saturated carbocycles. The number of rotatable bonds is 9. The van der Waals surface area contributed by atoms with Gasteiger partial charge in [-0.3, -0.25) is 25.2 Å². The van der Waals surface area contributed by atoms with Crippen molar-refractivity contribution in [2.75, 3.05) is 24.6 Å². The van der Waals surface area contributed by atoms with Gasteiger partial charge in [-0.15, -0.1) is 11.3 Å². The Morgan fingerprint density at radius 3 is 2.36 bits per heavy atom. The van der Waals surface area contributed by atoms with Crippen LogP contribution in [0.4, 0.5) is 5.69 Å². The lowest BCUT2D eigenvalue weighted by Crippen LogP contribution is -2.43. The van der Waals surface area contributed by atoms with Crippen molar-refractivity contribution in [1.82, 2.24) is 10.9 Å². The number of carbonyl (C=O) groups excluding carboxylic acids is 3. The van der Waals surface area contributed by atoms with Crippen molar-refractivity contribution in [3.05, 3.63) is 52.2 Å². The van der Waals surface area contributed by atoms with Gasteiger partial charge in [0.05, 0.1) is 6.42 Å². The Morgan fingerprint density at radius 1 is 1.04 bits per heavy atom. The van der Waals surface area contributed by atoms with E-state index in [2.05, 4.69) is 29.6 Å². The first-order valence-electron chi connectivity index (χ1n) is 9.15. The fraction of sp³-hybridized carbons (Fsp3) is 0.350. The molecule has 0 atom stereocenters. The molecule has 28 heavy (non-hydrogen) atoms. The number of hydrazine groups is 1. The number of thiophene rings is 1. The second kappa shape index (κ2) is 11.1. The number of hydrogen-bond donors (Lipinski definition) is 2. The highest BCUT2D eigenvalue weighted by molar-refractivity contribution is 7.09. The van der Waals surface area contributed by atoms with E-state index >= 15 is 0 Å². The van der Waals surface area contributed by atoms with Crippen LogP contribution in [0.25, 0.3) is 0 Å². The van der Waals surface area contributed by atoms with Crippen LogP contribution in [0.1, 0.15) is 35.5 Å². The van der Waals surface area contributed by atoms with Gasteiger partial charge in [-0.1, -0.05) is 6.07 Å². The zero-order chi connectivity index (χ0) is 20.4. The van der Waals surface area contributed by atoms with Gasteiger partial charge in [-0.2, -0.15) is 0 Å². The van der Waals surface area contributed by atoms with Crippen molar-refractivity contribution >= 4 is 34.8 Å². The lowest BCUT2D eigenvalue weighted by Gasteiger charge is -2.21. The molecule has 7 nitrogen and oxygen atoms in total. The number of esters is 1. The Kier molecular flexibility index (Phi) is 8.48. The second-order valence-corrected chi connectivity index (χ2v) is 6.99. The molecule has 1 aromatic heterocycles. The average Bonchev–Trinajstić information content (AvgIpc) is 3.24. The maximum absolute atomic E-state index is 12.1. The summed E-state index contributed by atoms with van der Waals surface area (Å²) in [5.41, 5.74) is 6.00. The van der Waals surface area contributed by atoms with Gasteiger partial charge in [0.15, 0.2) is 6.61 Å². The summed E-state index contributed by atoms with van der Waals surface area (Å²) in [6, 6.07) is 11.0. The van der Waals surface area contributed by atoms with Crippen LogP contribution < -0.4 is 15.8 Å². The highest BCUT2D eigenvalue weighted by atomic mass is 32.1. The minimum Gasteiger partial charge on any atom is -0.455 e. The van der Waals surface area contributed by atoms with Crippen LogP contribution in [-0.2, 0) is 20.7 Å². The maximum Gasteiger partial charge on any atom is 0.306 e. The lowest BCUT2D eigenvalue weighted by molar-refractivity contribution is -0.148. The average molecular weight is 404 g/mol. The standard InChI is InChI=1S/C20H25N3O4S/c1-3-23(4-2)16-9-7-15(8-10-16)20(26)22-21-18(24)14-27-19(25)12-11-17-6-5-13-28-17/h5-10,13H,3-4,11-12,14H2,1-2H3,(H,21,24)(H,22,26). The zero-order valence-electron chi connectivity index (χ0n) is 16.1. The van der Waals surface area contributed by atoms with Crippen molar-refractivity contribution in [1.29, 1.82) is 0 Å². The van der Waals surface area contributed by atoms with Crippen molar-refractivity contribution in [3.8, 4) is 0 Å². The summed E-state index contributed by atoms with van der Waals surface area (Å²) in [6.07, 6.45) is 0.789. The molecule has 0 aliphatic heterocycles. The molecule has 0 aliphatic rings. The second-order valence-electron chi connectivity index (χ2n) is 5.96. The first-order valence-corrected chi connectivity index (χ1v) is 10.0. The van der Waals surface area contributed by atoms with Gasteiger partial charge >= 0.3 is 5.97 Å². The third-order valence-corrected chi connectivity index (χ3v) is 5.03. The molecule has 8 heteroatoms. The van der Waals surface area contributed by atoms with Crippen LogP contribution in [0.3, 0.4) is 0 Å². The maximum atomic E-state index is 12.1. The van der Waals surface area contributed by atoms with Crippen LogP contribution in [0.15, 0.2) is 41.8 Å². The lowest BCUT2D eigenvalue weighted by atomic mass is 10.2. The van der Waals surface area contributed by atoms with Gasteiger partial charge in [-0.25, -0.2) is 0 Å². The predicted octanol–water partition coefficient (Wildman–Crippen LogP) is 2.53. The Bertz CT molecular complexity index is 771. The van der Waals surface area contributed by atoms with Crippen LogP contribution in [0.5, 0.6) is 0 Å². The summed E-state index contributed by atoms with van der Waals surface area (Å²) in [7, 11) is 0. The van der Waals surface area contributed by atoms with Gasteiger partial charge < -0.3 is 9.64 Å². The van der Waals surface area contributed by atoms with E-state index in [0.29, 0.717) is 12.0 Å². The van der Waals surface area contributed by atoms with E-state index in [0.717, 1.165) is 23.7 Å². The van der Waals surface area contributed by atoms with Crippen LogP contribution >= 0.6 is 11.3 Å². The van der Waals surface area contributed by atoms with E-state index in [1.807, 2.05) is 29.6 Å². The Labute approximate surface area is 168 Å². The normalized spacial score (nSPS) is 10.2. The Hall–Kier alpha value is -2.87. The molecule has 0 radical (unpaired) electrons. The fourth-order valence-electron chi connectivity index (χ4n) is 2.55. The van der Waals surface area contributed by atoms with Gasteiger partial charge in [0.2, 0.25) is 0 Å². The first-order chi connectivity index (χ1) is 13.5. The van der Waals surface area contributed by atoms with Crippen LogP contribution in [0, 0.1) is 0 Å². The summed E-state index contributed by atoms with van der Waals surface area (Å²) >= 11 is 1.57. The summed E-state index contributed by atoms with van der Waals surface area (Å²) in [5.74, 6) is -1.50. The minimum absolute atomic E-state index is 0.207. The molecule has 2 N–H and O–H groups in total. The number of nitrogens with one attached hydrogen (secondary N) is 2. The quantitative estimate of drug-likeness (QED) is 0.496. The molecular weight excluding hydrogens is 378 g/mol. The molecular formula is C20H25N3O4S. The SMILES string of the molecule is CCN(CC)c1ccc(C(=O)NNC(=O)COC(=O)CCc2cccs2)cc1. The molecule has 2 rings (SSSR count). The number of aryl methyl sites for hydroxylation is 1. The molecule has 0 unspecified atom stereocenters. The van der Waals surface area contributed by atoms with Crippen LogP contribution in [0.2, 0.25) is 0 Å². The van der Waals surface area contributed by atoms with Crippen molar-refractivity contribution in [2.45, 2.75) is 26.7 Å². The molecule has 1 aromatic carbocycles. The molecule has 1 heterocycles. The van der Waals surface area contributed by atoms with Crippen molar-refractivity contribution < 1.29 is 19.1 Å². The highest BCUT2D eigenvalue weighted by Crippen LogP contribution is 2.14. The summed E-state index contributed by atoms with van der Waals surface area (Å²) < 4.78 is 4.90. The third-order valence-electron chi connectivity index (χ3n) is 4.09. The summed E-state index contributed by atoms with van der Waals surface area (Å²) in [5, 5.41) is 1.94. The van der Waals surface area contributed by atoms with Crippen molar-refractivity contribution in [3.63, 3.8) is 0 Å². The third kappa shape index (κ3) is 6.70. The highest BCUT2D eigenvalue weighted by Gasteiger charge is 2.11. The number of carbonyl (C=O) groups is 3. The van der Waals surface area contributed by atoms with Gasteiger partial charge in [0.1, 0.15) is 0 Å². The topological polar surface area (TPSA) is 87.7 Å². The zero-order valence-corrected chi connectivity index (χ0v) is 16.9. The minimum atomic E-state index is -0.599. The molecule has 0 fully saturated rings. The molecule has 2 aromatic rings. The van der Waals surface area contributed by atoms with E-state index < -0.39 is 24.4 Å². The Morgan fingerprint density at radius 2 is 1.75 bits per heavy atom. The molecule has 0 spiro atoms. The molecule has 0 aliphatic carbocycles. The van der Waals surface area contributed by atoms with Gasteiger partial charge in [0.25, 0.3) is 11.8 Å². The first kappa shape index (κ1) is 21.4. The van der Waals surface area contributed by atoms with E-state index in [1.54, 1.807) is 23.5 Å². The van der Waals surface area contributed by atoms with E-state index in [9.17, 15) is 14.4 Å². The number of hydrogen-bond acceptors (Lipinski definition) is 6. The molecule has 0 bridgehead atoms. The van der Waals surface area contributed by atoms with Gasteiger partial charge in [-0.05, 0) is 56.0 Å². The Balaban J connectivity index is 1.70. The smallest absolute Gasteiger partial charge is 0.306 e. The number of ether oxygens (including phenoxy) is 1. The molecule has 2 amide bonds. The molecule has 150 valence electrons. The summed E-state index contributed by atoms with van der Waals surface area (Å²) in [4.78, 5) is 38.7. The van der Waals surface area contributed by atoms with E-state index in [4.69, 9.17) is 4.74 Å². The number of benzene rings is 1. The van der Waals surface area contributed by atoms with E-state index in [-0.39, 0.29) is 6.42 Å². The predicted molar refractivity (Wildman–Crippen MR) is 109 cm³/mol. The van der Waals surface area contributed by atoms with Crippen LogP contribution in [-0.4, -0.2) is 37.5 Å². The largest absolute Gasteiger partial charge is 0.455 e. The molecule has 0 saturated heterocycles.